The minimum absolute atomic E-state index is 0.0624. The average Bonchev–Trinajstić information content (AvgIpc) is 2.14. The third-order valence-corrected chi connectivity index (χ3v) is 2.20. The smallest absolute Gasteiger partial charge is 0.423 e. The third-order valence-electron chi connectivity index (χ3n) is 2.20. The Labute approximate surface area is 97.0 Å². The molecule has 7 heteroatoms. The molecule has 0 atom stereocenters. The lowest BCUT2D eigenvalue weighted by molar-refractivity contribution is -0.274. The normalized spacial score (nSPS) is 11.8. The minimum atomic E-state index is -4.86. The van der Waals surface area contributed by atoms with Crippen LogP contribution in [0.15, 0.2) is 18.2 Å². The van der Waals surface area contributed by atoms with Crippen molar-refractivity contribution in [1.82, 2.24) is 0 Å². The summed E-state index contributed by atoms with van der Waals surface area (Å²) in [6, 6.07) is 3.83. The molecule has 0 aliphatic carbocycles. The van der Waals surface area contributed by atoms with Gasteiger partial charge in [-0.1, -0.05) is 26.0 Å². The van der Waals surface area contributed by atoms with Gasteiger partial charge in [-0.3, -0.25) is 0 Å². The highest BCUT2D eigenvalue weighted by Crippen LogP contribution is 2.23. The summed E-state index contributed by atoms with van der Waals surface area (Å²) in [5.74, 6) is -0.538. The number of rotatable bonds is 3. The van der Waals surface area contributed by atoms with E-state index in [1.807, 2.05) is 13.8 Å². The van der Waals surface area contributed by atoms with Crippen LogP contribution >= 0.6 is 0 Å². The van der Waals surface area contributed by atoms with Gasteiger partial charge >= 0.3 is 13.5 Å². The van der Waals surface area contributed by atoms with E-state index >= 15 is 0 Å². The van der Waals surface area contributed by atoms with Crippen molar-refractivity contribution in [2.24, 2.45) is 0 Å². The standard InChI is InChI=1S/C10H12BF3O3/c1-6(2)7-3-4-9(17-10(12,13)14)8(5-7)11(15)16/h3-6,15-16H,1-2H3. The van der Waals surface area contributed by atoms with Crippen LogP contribution in [0.4, 0.5) is 13.2 Å². The van der Waals surface area contributed by atoms with E-state index in [-0.39, 0.29) is 11.4 Å². The van der Waals surface area contributed by atoms with Gasteiger partial charge in [-0.15, -0.1) is 13.2 Å². The van der Waals surface area contributed by atoms with Crippen LogP contribution in [0.1, 0.15) is 25.3 Å². The van der Waals surface area contributed by atoms with E-state index in [9.17, 15) is 13.2 Å². The van der Waals surface area contributed by atoms with E-state index in [0.717, 1.165) is 6.07 Å². The molecule has 0 aliphatic rings. The van der Waals surface area contributed by atoms with Crippen LogP contribution in [0.2, 0.25) is 0 Å². The van der Waals surface area contributed by atoms with E-state index in [1.54, 1.807) is 0 Å². The predicted molar refractivity (Wildman–Crippen MR) is 57.0 cm³/mol. The molecule has 0 aromatic heterocycles. The lowest BCUT2D eigenvalue weighted by atomic mass is 9.78. The molecule has 3 nitrogen and oxygen atoms in total. The van der Waals surface area contributed by atoms with Gasteiger partial charge in [-0.05, 0) is 17.5 Å². The number of hydrogen-bond acceptors (Lipinski definition) is 3. The van der Waals surface area contributed by atoms with Gasteiger partial charge in [0.1, 0.15) is 5.75 Å². The van der Waals surface area contributed by atoms with Gasteiger partial charge < -0.3 is 14.8 Å². The Hall–Kier alpha value is -1.21. The maximum atomic E-state index is 12.1. The first-order chi connectivity index (χ1) is 7.70. The summed E-state index contributed by atoms with van der Waals surface area (Å²) in [7, 11) is -2.01. The fourth-order valence-electron chi connectivity index (χ4n) is 1.35. The zero-order valence-corrected chi connectivity index (χ0v) is 9.32. The number of alkyl halides is 3. The summed E-state index contributed by atoms with van der Waals surface area (Å²) < 4.78 is 39.9. The van der Waals surface area contributed by atoms with Crippen molar-refractivity contribution >= 4 is 12.6 Å². The van der Waals surface area contributed by atoms with Gasteiger partial charge in [-0.25, -0.2) is 0 Å². The SMILES string of the molecule is CC(C)c1ccc(OC(F)(F)F)c(B(O)O)c1. The fraction of sp³-hybridized carbons (Fsp3) is 0.400. The summed E-state index contributed by atoms with van der Waals surface area (Å²) in [5, 5.41) is 18.0. The third kappa shape index (κ3) is 3.94. The molecule has 94 valence electrons. The van der Waals surface area contributed by atoms with Crippen molar-refractivity contribution in [3.8, 4) is 5.75 Å². The fourth-order valence-corrected chi connectivity index (χ4v) is 1.35. The minimum Gasteiger partial charge on any atom is -0.423 e. The van der Waals surface area contributed by atoms with Crippen molar-refractivity contribution in [3.05, 3.63) is 23.8 Å². The van der Waals surface area contributed by atoms with Crippen molar-refractivity contribution in [3.63, 3.8) is 0 Å². The zero-order valence-electron chi connectivity index (χ0n) is 9.32. The van der Waals surface area contributed by atoms with Crippen LogP contribution in [-0.2, 0) is 0 Å². The summed E-state index contributed by atoms with van der Waals surface area (Å²) in [6.07, 6.45) is -4.86. The molecule has 0 spiro atoms. The number of hydrogen-bond donors (Lipinski definition) is 2. The predicted octanol–water partition coefficient (Wildman–Crippen LogP) is 1.39. The van der Waals surface area contributed by atoms with Gasteiger partial charge in [0.15, 0.2) is 0 Å². The highest BCUT2D eigenvalue weighted by molar-refractivity contribution is 6.59. The van der Waals surface area contributed by atoms with E-state index in [2.05, 4.69) is 4.74 Å². The summed E-state index contributed by atoms with van der Waals surface area (Å²) in [4.78, 5) is 0. The Kier molecular flexibility index (Phi) is 4.05. The van der Waals surface area contributed by atoms with Gasteiger partial charge in [0.2, 0.25) is 0 Å². The van der Waals surface area contributed by atoms with Crippen molar-refractivity contribution < 1.29 is 28.0 Å². The highest BCUT2D eigenvalue weighted by atomic mass is 19.4. The Morgan fingerprint density at radius 1 is 1.24 bits per heavy atom. The molecular weight excluding hydrogens is 236 g/mol. The Morgan fingerprint density at radius 3 is 2.24 bits per heavy atom. The van der Waals surface area contributed by atoms with E-state index < -0.39 is 19.2 Å². The van der Waals surface area contributed by atoms with Crippen LogP contribution < -0.4 is 10.2 Å². The maximum Gasteiger partial charge on any atom is 0.573 e. The molecular formula is C10H12BF3O3. The topological polar surface area (TPSA) is 49.7 Å². The molecule has 0 aliphatic heterocycles. The van der Waals surface area contributed by atoms with Crippen LogP contribution in [0, 0.1) is 0 Å². The molecule has 0 unspecified atom stereocenters. The van der Waals surface area contributed by atoms with Gasteiger partial charge in [0.05, 0.1) is 0 Å². The molecule has 1 aromatic carbocycles. The molecule has 0 heterocycles. The van der Waals surface area contributed by atoms with Gasteiger partial charge in [0.25, 0.3) is 0 Å². The maximum absolute atomic E-state index is 12.1. The molecule has 1 rings (SSSR count). The summed E-state index contributed by atoms with van der Waals surface area (Å²) >= 11 is 0. The second-order valence-electron chi connectivity index (χ2n) is 3.87. The Balaban J connectivity index is 3.13. The molecule has 17 heavy (non-hydrogen) atoms. The van der Waals surface area contributed by atoms with Crippen LogP contribution in [0.5, 0.6) is 5.75 Å². The largest absolute Gasteiger partial charge is 0.573 e. The molecule has 1 aromatic rings. The molecule has 0 radical (unpaired) electrons. The van der Waals surface area contributed by atoms with Crippen LogP contribution in [-0.4, -0.2) is 23.5 Å². The highest BCUT2D eigenvalue weighted by Gasteiger charge is 2.33. The first-order valence-electron chi connectivity index (χ1n) is 4.96. The molecule has 0 saturated heterocycles. The Bertz CT molecular complexity index is 391. The number of benzene rings is 1. The van der Waals surface area contributed by atoms with Crippen LogP contribution in [0.25, 0.3) is 0 Å². The monoisotopic (exact) mass is 248 g/mol. The molecule has 2 N–H and O–H groups in total. The first kappa shape index (κ1) is 13.9. The first-order valence-corrected chi connectivity index (χ1v) is 4.96. The van der Waals surface area contributed by atoms with Crippen molar-refractivity contribution in [2.45, 2.75) is 26.1 Å². The second kappa shape index (κ2) is 4.97. The second-order valence-corrected chi connectivity index (χ2v) is 3.87. The quantitative estimate of drug-likeness (QED) is 0.794. The van der Waals surface area contributed by atoms with Crippen molar-refractivity contribution in [2.75, 3.05) is 0 Å². The molecule has 0 bridgehead atoms. The van der Waals surface area contributed by atoms with Crippen LogP contribution in [0.3, 0.4) is 0 Å². The lowest BCUT2D eigenvalue weighted by Crippen LogP contribution is -2.34. The summed E-state index contributed by atoms with van der Waals surface area (Å²) in [6.45, 7) is 3.68. The van der Waals surface area contributed by atoms with Gasteiger partial charge in [0, 0.05) is 5.46 Å². The number of halogens is 3. The summed E-state index contributed by atoms with van der Waals surface area (Å²) in [5.41, 5.74) is 0.399. The van der Waals surface area contributed by atoms with Gasteiger partial charge in [-0.2, -0.15) is 0 Å². The molecule has 0 fully saturated rings. The lowest BCUT2D eigenvalue weighted by Gasteiger charge is -2.15. The van der Waals surface area contributed by atoms with E-state index in [1.165, 1.54) is 12.1 Å². The van der Waals surface area contributed by atoms with E-state index in [4.69, 9.17) is 10.0 Å². The van der Waals surface area contributed by atoms with Crippen molar-refractivity contribution in [1.29, 1.82) is 0 Å². The zero-order chi connectivity index (χ0) is 13.2. The molecule has 0 saturated carbocycles. The van der Waals surface area contributed by atoms with E-state index in [0.29, 0.717) is 5.56 Å². The Morgan fingerprint density at radius 2 is 1.82 bits per heavy atom. The average molecular weight is 248 g/mol. The molecule has 0 amide bonds. The number of ether oxygens (including phenoxy) is 1.